The third-order valence-corrected chi connectivity index (χ3v) is 6.91. The highest BCUT2D eigenvalue weighted by Crippen LogP contribution is 2.37. The summed E-state index contributed by atoms with van der Waals surface area (Å²) in [5.74, 6) is -0.248. The van der Waals surface area contributed by atoms with Gasteiger partial charge in [-0.3, -0.25) is 14.4 Å². The number of carbonyl (C=O) groups is 3. The molecule has 0 unspecified atom stereocenters. The summed E-state index contributed by atoms with van der Waals surface area (Å²) in [5.41, 5.74) is 3.33. The van der Waals surface area contributed by atoms with E-state index in [9.17, 15) is 14.4 Å². The zero-order valence-corrected chi connectivity index (χ0v) is 22.5. The molecule has 1 atom stereocenters. The summed E-state index contributed by atoms with van der Waals surface area (Å²) < 4.78 is 0. The number of hydrogen-bond acceptors (Lipinski definition) is 3. The average Bonchev–Trinajstić information content (AvgIpc) is 3.12. The Kier molecular flexibility index (Phi) is 7.67. The molecule has 0 aliphatic carbocycles. The SMILES string of the molecule is CC[C@H](C(=O)NC(C)(C)C)N(Cc1ccccc1C)C(=O)CCCN1C(=O)c2cccc3cccc1c23. The lowest BCUT2D eigenvalue weighted by molar-refractivity contribution is -0.142. The lowest BCUT2D eigenvalue weighted by atomic mass is 10.0. The van der Waals surface area contributed by atoms with Crippen molar-refractivity contribution < 1.29 is 14.4 Å². The molecule has 6 heteroatoms. The predicted octanol–water partition coefficient (Wildman–Crippen LogP) is 5.61. The van der Waals surface area contributed by atoms with Gasteiger partial charge in [-0.1, -0.05) is 55.5 Å². The van der Waals surface area contributed by atoms with Crippen LogP contribution in [0.4, 0.5) is 5.69 Å². The summed E-state index contributed by atoms with van der Waals surface area (Å²) in [6.07, 6.45) is 1.28. The van der Waals surface area contributed by atoms with Crippen LogP contribution in [0, 0.1) is 6.92 Å². The maximum Gasteiger partial charge on any atom is 0.258 e. The molecule has 0 saturated carbocycles. The van der Waals surface area contributed by atoms with Crippen LogP contribution in [0.15, 0.2) is 60.7 Å². The van der Waals surface area contributed by atoms with Crippen LogP contribution in [-0.4, -0.2) is 40.7 Å². The van der Waals surface area contributed by atoms with Crippen molar-refractivity contribution >= 4 is 34.2 Å². The molecule has 6 nitrogen and oxygen atoms in total. The molecule has 37 heavy (non-hydrogen) atoms. The normalized spacial score (nSPS) is 13.6. The number of nitrogens with zero attached hydrogens (tertiary/aromatic N) is 2. The summed E-state index contributed by atoms with van der Waals surface area (Å²) in [4.78, 5) is 43.5. The van der Waals surface area contributed by atoms with Crippen LogP contribution in [0.1, 0.15) is 68.4 Å². The van der Waals surface area contributed by atoms with E-state index in [-0.39, 0.29) is 24.1 Å². The molecule has 1 aliphatic rings. The minimum absolute atomic E-state index is 0.0213. The molecule has 0 spiro atoms. The van der Waals surface area contributed by atoms with E-state index >= 15 is 0 Å². The Bertz CT molecular complexity index is 1320. The Morgan fingerprint density at radius 3 is 2.38 bits per heavy atom. The Balaban J connectivity index is 1.51. The zero-order chi connectivity index (χ0) is 26.7. The summed E-state index contributed by atoms with van der Waals surface area (Å²) in [7, 11) is 0. The predicted molar refractivity (Wildman–Crippen MR) is 149 cm³/mol. The van der Waals surface area contributed by atoms with Crippen molar-refractivity contribution in [1.29, 1.82) is 0 Å². The number of amides is 3. The molecule has 3 amide bonds. The van der Waals surface area contributed by atoms with Gasteiger partial charge < -0.3 is 15.1 Å². The molecular weight excluding hydrogens is 462 g/mol. The minimum atomic E-state index is -0.572. The fourth-order valence-electron chi connectivity index (χ4n) is 5.08. The van der Waals surface area contributed by atoms with Gasteiger partial charge in [-0.25, -0.2) is 0 Å². The fourth-order valence-corrected chi connectivity index (χ4v) is 5.08. The molecule has 3 aromatic rings. The van der Waals surface area contributed by atoms with Gasteiger partial charge in [-0.2, -0.15) is 0 Å². The van der Waals surface area contributed by atoms with Crippen molar-refractivity contribution in [2.45, 2.75) is 72.0 Å². The van der Waals surface area contributed by atoms with Gasteiger partial charge in [0.25, 0.3) is 5.91 Å². The van der Waals surface area contributed by atoms with Crippen LogP contribution in [-0.2, 0) is 16.1 Å². The summed E-state index contributed by atoms with van der Waals surface area (Å²) in [6.45, 7) is 10.6. The molecular formula is C31H37N3O3. The molecule has 1 N–H and O–H groups in total. The van der Waals surface area contributed by atoms with Gasteiger partial charge in [0.05, 0.1) is 5.69 Å². The Morgan fingerprint density at radius 2 is 1.70 bits per heavy atom. The van der Waals surface area contributed by atoms with Crippen LogP contribution >= 0.6 is 0 Å². The lowest BCUT2D eigenvalue weighted by Gasteiger charge is -2.33. The van der Waals surface area contributed by atoms with Crippen LogP contribution in [0.25, 0.3) is 10.8 Å². The van der Waals surface area contributed by atoms with Crippen molar-refractivity contribution in [3.63, 3.8) is 0 Å². The number of benzene rings is 3. The number of aryl methyl sites for hydroxylation is 1. The molecule has 0 saturated heterocycles. The third-order valence-electron chi connectivity index (χ3n) is 6.91. The van der Waals surface area contributed by atoms with Crippen LogP contribution in [0.5, 0.6) is 0 Å². The summed E-state index contributed by atoms with van der Waals surface area (Å²) in [6, 6.07) is 19.1. The molecule has 1 aliphatic heterocycles. The first-order valence-corrected chi connectivity index (χ1v) is 13.1. The first-order valence-electron chi connectivity index (χ1n) is 13.1. The van der Waals surface area contributed by atoms with Crippen LogP contribution in [0.3, 0.4) is 0 Å². The van der Waals surface area contributed by atoms with Crippen molar-refractivity contribution in [2.75, 3.05) is 11.4 Å². The van der Waals surface area contributed by atoms with Gasteiger partial charge >= 0.3 is 0 Å². The molecule has 0 bridgehead atoms. The quantitative estimate of drug-likeness (QED) is 0.416. The summed E-state index contributed by atoms with van der Waals surface area (Å²) in [5, 5.41) is 5.07. The highest BCUT2D eigenvalue weighted by Gasteiger charge is 2.32. The van der Waals surface area contributed by atoms with Crippen molar-refractivity contribution in [2.24, 2.45) is 0 Å². The van der Waals surface area contributed by atoms with Gasteiger partial charge in [-0.05, 0) is 69.2 Å². The second-order valence-corrected chi connectivity index (χ2v) is 10.9. The highest BCUT2D eigenvalue weighted by molar-refractivity contribution is 6.25. The van der Waals surface area contributed by atoms with Gasteiger partial charge in [-0.15, -0.1) is 0 Å². The molecule has 194 valence electrons. The lowest BCUT2D eigenvalue weighted by Crippen LogP contribution is -2.53. The highest BCUT2D eigenvalue weighted by atomic mass is 16.2. The topological polar surface area (TPSA) is 69.7 Å². The van der Waals surface area contributed by atoms with E-state index in [1.807, 2.05) is 95.3 Å². The van der Waals surface area contributed by atoms with Gasteiger partial charge in [0, 0.05) is 36.0 Å². The molecule has 1 heterocycles. The van der Waals surface area contributed by atoms with Crippen LogP contribution < -0.4 is 10.2 Å². The van der Waals surface area contributed by atoms with E-state index in [4.69, 9.17) is 0 Å². The zero-order valence-electron chi connectivity index (χ0n) is 22.5. The van der Waals surface area contributed by atoms with E-state index in [1.165, 1.54) is 0 Å². The van der Waals surface area contributed by atoms with Crippen molar-refractivity contribution in [1.82, 2.24) is 10.2 Å². The number of hydrogen-bond donors (Lipinski definition) is 1. The van der Waals surface area contributed by atoms with E-state index in [2.05, 4.69) is 5.32 Å². The second-order valence-electron chi connectivity index (χ2n) is 10.9. The van der Waals surface area contributed by atoms with Crippen LogP contribution in [0.2, 0.25) is 0 Å². The molecule has 0 radical (unpaired) electrons. The minimum Gasteiger partial charge on any atom is -0.350 e. The molecule has 0 fully saturated rings. The number of anilines is 1. The Labute approximate surface area is 219 Å². The first kappa shape index (κ1) is 26.4. The Morgan fingerprint density at radius 1 is 1.00 bits per heavy atom. The Hall–Kier alpha value is -3.67. The summed E-state index contributed by atoms with van der Waals surface area (Å²) >= 11 is 0. The average molecular weight is 500 g/mol. The van der Waals surface area contributed by atoms with E-state index in [0.717, 1.165) is 27.6 Å². The largest absolute Gasteiger partial charge is 0.350 e. The monoisotopic (exact) mass is 499 g/mol. The maximum atomic E-state index is 13.6. The molecule has 3 aromatic carbocycles. The van der Waals surface area contributed by atoms with Gasteiger partial charge in [0.15, 0.2) is 0 Å². The third kappa shape index (κ3) is 5.68. The van der Waals surface area contributed by atoms with Gasteiger partial charge in [0.2, 0.25) is 11.8 Å². The standard InChI is InChI=1S/C31H37N3O3/c1-6-25(29(36)32-31(3,4)5)34(20-23-13-8-7-12-21(23)2)27(35)18-11-19-33-26-17-10-15-22-14-9-16-24(28(22)26)30(33)37/h7-10,12-17,25H,6,11,18-20H2,1-5H3,(H,32,36)/t25-/m1/s1. The maximum absolute atomic E-state index is 13.6. The van der Waals surface area contributed by atoms with E-state index in [0.29, 0.717) is 31.5 Å². The smallest absolute Gasteiger partial charge is 0.258 e. The van der Waals surface area contributed by atoms with E-state index < -0.39 is 11.6 Å². The first-order chi connectivity index (χ1) is 17.6. The van der Waals surface area contributed by atoms with Gasteiger partial charge in [0.1, 0.15) is 6.04 Å². The number of carbonyl (C=O) groups excluding carboxylic acids is 3. The molecule has 0 aromatic heterocycles. The van der Waals surface area contributed by atoms with Crippen molar-refractivity contribution in [3.05, 3.63) is 77.4 Å². The van der Waals surface area contributed by atoms with E-state index in [1.54, 1.807) is 9.80 Å². The number of nitrogens with one attached hydrogen (secondary N) is 1. The fraction of sp³-hybridized carbons (Fsp3) is 0.387. The second kappa shape index (κ2) is 10.8. The number of rotatable bonds is 9. The molecule has 4 rings (SSSR count). The van der Waals surface area contributed by atoms with Crippen molar-refractivity contribution in [3.8, 4) is 0 Å².